The molecule has 1 amide bonds. The molecule has 0 radical (unpaired) electrons. The fourth-order valence-corrected chi connectivity index (χ4v) is 5.08. The number of rotatable bonds is 9. The molecule has 8 heteroatoms. The average Bonchev–Trinajstić information content (AvgIpc) is 3.44. The number of carbonyl (C=O) groups is 1. The highest BCUT2D eigenvalue weighted by molar-refractivity contribution is 7.13. The Balaban J connectivity index is 1.54. The Kier molecular flexibility index (Phi) is 7.48. The molecule has 0 saturated heterocycles. The molecule has 7 nitrogen and oxygen atoms in total. The summed E-state index contributed by atoms with van der Waals surface area (Å²) in [6.45, 7) is 5.23. The lowest BCUT2D eigenvalue weighted by atomic mass is 9.92. The number of methoxy groups -OCH3 is 1. The number of hydrogen-bond donors (Lipinski definition) is 2. The van der Waals surface area contributed by atoms with Crippen molar-refractivity contribution in [1.82, 2.24) is 14.9 Å². The van der Waals surface area contributed by atoms with Crippen LogP contribution in [0.3, 0.4) is 0 Å². The van der Waals surface area contributed by atoms with Gasteiger partial charge in [-0.25, -0.2) is 0 Å². The predicted molar refractivity (Wildman–Crippen MR) is 131 cm³/mol. The van der Waals surface area contributed by atoms with Gasteiger partial charge < -0.3 is 24.5 Å². The molecule has 4 rings (SSSR count). The average molecular weight is 472 g/mol. The lowest BCUT2D eigenvalue weighted by Gasteiger charge is -2.29. The zero-order valence-electron chi connectivity index (χ0n) is 19.5. The van der Waals surface area contributed by atoms with Crippen molar-refractivity contribution < 1.29 is 19.4 Å². The van der Waals surface area contributed by atoms with Crippen LogP contribution in [0.1, 0.15) is 49.9 Å². The van der Waals surface area contributed by atoms with Crippen molar-refractivity contribution in [3.8, 4) is 10.4 Å². The van der Waals surface area contributed by atoms with Crippen molar-refractivity contribution in [2.75, 3.05) is 20.3 Å². The van der Waals surface area contributed by atoms with Gasteiger partial charge >= 0.3 is 0 Å². The Bertz CT molecular complexity index is 1060. The van der Waals surface area contributed by atoms with E-state index in [1.807, 2.05) is 29.1 Å². The zero-order valence-corrected chi connectivity index (χ0v) is 20.4. The highest BCUT2D eigenvalue weighted by Crippen LogP contribution is 2.32. The molecule has 1 fully saturated rings. The highest BCUT2D eigenvalue weighted by atomic mass is 32.1. The number of nitrogens with one attached hydrogen (secondary N) is 1. The van der Waals surface area contributed by atoms with Gasteiger partial charge in [0.25, 0.3) is 5.91 Å². The molecule has 1 aliphatic rings. The Hall–Kier alpha value is -2.26. The molecule has 0 spiro atoms. The van der Waals surface area contributed by atoms with Crippen LogP contribution in [-0.4, -0.2) is 58.6 Å². The van der Waals surface area contributed by atoms with Crippen molar-refractivity contribution in [2.24, 2.45) is 0 Å². The number of aliphatic hydroxyl groups is 1. The Morgan fingerprint density at radius 1 is 1.27 bits per heavy atom. The topological polar surface area (TPSA) is 85.6 Å². The van der Waals surface area contributed by atoms with Gasteiger partial charge in [0, 0.05) is 42.0 Å². The minimum Gasteiger partial charge on any atom is -0.389 e. The second-order valence-corrected chi connectivity index (χ2v) is 10.3. The summed E-state index contributed by atoms with van der Waals surface area (Å²) in [5.41, 5.74) is 3.48. The first-order chi connectivity index (χ1) is 15.8. The van der Waals surface area contributed by atoms with Gasteiger partial charge in [0.1, 0.15) is 0 Å². The molecule has 1 aliphatic carbocycles. The molecule has 2 aromatic heterocycles. The summed E-state index contributed by atoms with van der Waals surface area (Å²) in [6, 6.07) is 6.14. The molecule has 0 unspecified atom stereocenters. The lowest BCUT2D eigenvalue weighted by Crippen LogP contribution is -2.39. The predicted octanol–water partition coefficient (Wildman–Crippen LogP) is 4.24. The van der Waals surface area contributed by atoms with Crippen LogP contribution in [0.4, 0.5) is 0 Å². The smallest absolute Gasteiger partial charge is 0.252 e. The fraction of sp³-hybridized carbons (Fsp3) is 0.520. The molecule has 1 saturated carbocycles. The number of fused-ring (bicyclic) bond motifs is 1. The van der Waals surface area contributed by atoms with Gasteiger partial charge in [-0.05, 0) is 63.3 Å². The normalized spacial score (nSPS) is 19.2. The minimum atomic E-state index is -0.862. The van der Waals surface area contributed by atoms with E-state index >= 15 is 0 Å². The van der Waals surface area contributed by atoms with Crippen LogP contribution in [0.5, 0.6) is 0 Å². The molecular weight excluding hydrogens is 438 g/mol. The molecular formula is C25H33N3O4S. The van der Waals surface area contributed by atoms with Crippen LogP contribution in [0, 0.1) is 0 Å². The van der Waals surface area contributed by atoms with E-state index in [1.165, 1.54) is 0 Å². The molecule has 1 aromatic carbocycles. The van der Waals surface area contributed by atoms with Gasteiger partial charge in [-0.1, -0.05) is 0 Å². The quantitative estimate of drug-likeness (QED) is 0.456. The molecule has 2 N–H and O–H groups in total. The summed E-state index contributed by atoms with van der Waals surface area (Å²) in [7, 11) is 1.68. The summed E-state index contributed by atoms with van der Waals surface area (Å²) in [4.78, 5) is 18.6. The van der Waals surface area contributed by atoms with Crippen molar-refractivity contribution in [1.29, 1.82) is 0 Å². The second-order valence-electron chi connectivity index (χ2n) is 9.39. The first-order valence-electron chi connectivity index (χ1n) is 11.5. The number of hydrogen-bond acceptors (Lipinski definition) is 6. The third kappa shape index (κ3) is 6.00. The van der Waals surface area contributed by atoms with Crippen LogP contribution in [0.25, 0.3) is 21.3 Å². The van der Waals surface area contributed by atoms with Gasteiger partial charge in [-0.3, -0.25) is 9.78 Å². The van der Waals surface area contributed by atoms with Gasteiger partial charge in [-0.2, -0.15) is 0 Å². The molecule has 2 heterocycles. The Labute approximate surface area is 198 Å². The van der Waals surface area contributed by atoms with Crippen molar-refractivity contribution >= 4 is 28.1 Å². The number of aromatic nitrogens is 2. The summed E-state index contributed by atoms with van der Waals surface area (Å²) in [5.74, 6) is -0.0591. The maximum atomic E-state index is 13.4. The van der Waals surface area contributed by atoms with E-state index in [-0.39, 0.29) is 18.1 Å². The number of ether oxygens (including phenoxy) is 2. The molecule has 178 valence electrons. The lowest BCUT2D eigenvalue weighted by molar-refractivity contribution is -0.00408. The number of benzene rings is 1. The zero-order chi connectivity index (χ0) is 23.4. The van der Waals surface area contributed by atoms with Gasteiger partial charge in [0.15, 0.2) is 0 Å². The number of amides is 1. The maximum Gasteiger partial charge on any atom is 0.252 e. The van der Waals surface area contributed by atoms with Crippen LogP contribution in [0.15, 0.2) is 36.1 Å². The van der Waals surface area contributed by atoms with Gasteiger partial charge in [0.2, 0.25) is 0 Å². The van der Waals surface area contributed by atoms with Crippen LogP contribution in [0.2, 0.25) is 0 Å². The Morgan fingerprint density at radius 3 is 2.73 bits per heavy atom. The van der Waals surface area contributed by atoms with E-state index < -0.39 is 5.60 Å². The van der Waals surface area contributed by atoms with Crippen LogP contribution < -0.4 is 5.32 Å². The van der Waals surface area contributed by atoms with E-state index in [1.54, 1.807) is 37.8 Å². The SMILES string of the molecule is COCCOC1CCC(NC(=O)c2cc(-c3cncs3)cc3c2ccn3CC(C)(C)O)CC1. The maximum absolute atomic E-state index is 13.4. The highest BCUT2D eigenvalue weighted by Gasteiger charge is 2.25. The van der Waals surface area contributed by atoms with Crippen molar-refractivity contribution in [2.45, 2.75) is 63.8 Å². The van der Waals surface area contributed by atoms with E-state index in [2.05, 4.69) is 16.4 Å². The van der Waals surface area contributed by atoms with Crippen molar-refractivity contribution in [3.63, 3.8) is 0 Å². The van der Waals surface area contributed by atoms with Crippen LogP contribution in [-0.2, 0) is 16.0 Å². The molecule has 0 bridgehead atoms. The summed E-state index contributed by atoms with van der Waals surface area (Å²) in [5, 5.41) is 14.5. The number of carbonyl (C=O) groups excluding carboxylic acids is 1. The van der Waals surface area contributed by atoms with E-state index in [0.717, 1.165) is 47.0 Å². The molecule has 33 heavy (non-hydrogen) atoms. The summed E-state index contributed by atoms with van der Waals surface area (Å²) >= 11 is 1.55. The van der Waals surface area contributed by atoms with E-state index in [0.29, 0.717) is 25.3 Å². The Morgan fingerprint density at radius 2 is 2.06 bits per heavy atom. The monoisotopic (exact) mass is 471 g/mol. The minimum absolute atomic E-state index is 0.0591. The molecule has 0 aliphatic heterocycles. The first-order valence-corrected chi connectivity index (χ1v) is 12.4. The van der Waals surface area contributed by atoms with E-state index in [4.69, 9.17) is 9.47 Å². The third-order valence-corrected chi connectivity index (χ3v) is 6.88. The second kappa shape index (κ2) is 10.3. The largest absolute Gasteiger partial charge is 0.389 e. The number of thiazole rings is 1. The first kappa shape index (κ1) is 23.9. The standard InChI is InChI=1S/C25H33N3O4S/c1-25(2,30)15-28-9-8-20-21(12-17(13-22(20)28)23-14-26-16-33-23)24(29)27-18-4-6-19(7-5-18)32-11-10-31-3/h8-9,12-14,16,18-19,30H,4-7,10-11,15H2,1-3H3,(H,27,29). The van der Waals surface area contributed by atoms with Crippen LogP contribution >= 0.6 is 11.3 Å². The fourth-order valence-electron chi connectivity index (χ4n) is 4.47. The molecule has 3 aromatic rings. The van der Waals surface area contributed by atoms with E-state index in [9.17, 15) is 9.90 Å². The van der Waals surface area contributed by atoms with Crippen molar-refractivity contribution in [3.05, 3.63) is 41.7 Å². The molecule has 0 atom stereocenters. The third-order valence-electron chi connectivity index (χ3n) is 6.06. The van der Waals surface area contributed by atoms with Gasteiger partial charge in [-0.15, -0.1) is 11.3 Å². The number of nitrogens with zero attached hydrogens (tertiary/aromatic N) is 2. The summed E-state index contributed by atoms with van der Waals surface area (Å²) in [6.07, 6.45) is 7.69. The van der Waals surface area contributed by atoms with Gasteiger partial charge in [0.05, 0.1) is 41.9 Å². The summed E-state index contributed by atoms with van der Waals surface area (Å²) < 4.78 is 12.9.